The smallest absolute Gasteiger partial charge is 0.191 e. The molecule has 1 heterocycles. The molecule has 3 aromatic rings. The predicted octanol–water partition coefficient (Wildman–Crippen LogP) is 3.62. The summed E-state index contributed by atoms with van der Waals surface area (Å²) in [6, 6.07) is 16.4. The number of rotatable bonds is 9. The van der Waals surface area contributed by atoms with Crippen molar-refractivity contribution in [3.8, 4) is 11.4 Å². The summed E-state index contributed by atoms with van der Waals surface area (Å²) < 4.78 is 8.06. The van der Waals surface area contributed by atoms with Gasteiger partial charge in [-0.15, -0.1) is 10.2 Å². The molecule has 2 aromatic carbocycles. The fraction of sp³-hybridized carbons (Fsp3) is 0.375. The van der Waals surface area contributed by atoms with Gasteiger partial charge in [-0.1, -0.05) is 30.3 Å². The molecule has 0 spiro atoms. The van der Waals surface area contributed by atoms with Gasteiger partial charge in [0.05, 0.1) is 19.7 Å². The fourth-order valence-electron chi connectivity index (χ4n) is 3.27. The van der Waals surface area contributed by atoms with Gasteiger partial charge in [0.2, 0.25) is 0 Å². The summed E-state index contributed by atoms with van der Waals surface area (Å²) in [5.74, 6) is 3.22. The van der Waals surface area contributed by atoms with Gasteiger partial charge in [0.15, 0.2) is 11.8 Å². The SMILES string of the molecule is CCNC(=NCc1ccc(C)cc1OCC1CC1)NCc1nncn1-c1ccccc1. The first kappa shape index (κ1) is 20.9. The molecule has 0 aliphatic heterocycles. The molecule has 1 saturated carbocycles. The largest absolute Gasteiger partial charge is 0.493 e. The minimum absolute atomic E-state index is 0.514. The molecule has 0 unspecified atom stereocenters. The van der Waals surface area contributed by atoms with E-state index in [1.165, 1.54) is 18.4 Å². The summed E-state index contributed by atoms with van der Waals surface area (Å²) in [5, 5.41) is 15.0. The van der Waals surface area contributed by atoms with Gasteiger partial charge in [0, 0.05) is 17.8 Å². The molecule has 0 bridgehead atoms. The average molecular weight is 419 g/mol. The van der Waals surface area contributed by atoms with Gasteiger partial charge < -0.3 is 15.4 Å². The predicted molar refractivity (Wildman–Crippen MR) is 122 cm³/mol. The van der Waals surface area contributed by atoms with Crippen LogP contribution in [0.3, 0.4) is 0 Å². The van der Waals surface area contributed by atoms with Gasteiger partial charge in [-0.2, -0.15) is 0 Å². The van der Waals surface area contributed by atoms with Crippen LogP contribution < -0.4 is 15.4 Å². The van der Waals surface area contributed by atoms with Gasteiger partial charge in [-0.05, 0) is 56.4 Å². The maximum Gasteiger partial charge on any atom is 0.191 e. The lowest BCUT2D eigenvalue weighted by Crippen LogP contribution is -2.37. The van der Waals surface area contributed by atoms with E-state index in [0.717, 1.165) is 47.9 Å². The number of benzene rings is 2. The molecule has 7 heteroatoms. The summed E-state index contributed by atoms with van der Waals surface area (Å²) >= 11 is 0. The van der Waals surface area contributed by atoms with Crippen LogP contribution >= 0.6 is 0 Å². The second-order valence-corrected chi connectivity index (χ2v) is 7.87. The van der Waals surface area contributed by atoms with Crippen molar-refractivity contribution in [3.05, 3.63) is 71.8 Å². The van der Waals surface area contributed by atoms with E-state index in [9.17, 15) is 0 Å². The number of hydrogen-bond acceptors (Lipinski definition) is 4. The third-order valence-corrected chi connectivity index (χ3v) is 5.21. The molecule has 7 nitrogen and oxygen atoms in total. The third kappa shape index (κ3) is 5.84. The van der Waals surface area contributed by atoms with Crippen LogP contribution in [0.15, 0.2) is 59.9 Å². The lowest BCUT2D eigenvalue weighted by molar-refractivity contribution is 0.296. The van der Waals surface area contributed by atoms with Crippen LogP contribution in [-0.4, -0.2) is 33.9 Å². The van der Waals surface area contributed by atoms with E-state index in [-0.39, 0.29) is 0 Å². The summed E-state index contributed by atoms with van der Waals surface area (Å²) in [6.45, 7) is 6.77. The Morgan fingerprint density at radius 1 is 1.16 bits per heavy atom. The lowest BCUT2D eigenvalue weighted by atomic mass is 10.1. The zero-order chi connectivity index (χ0) is 21.5. The van der Waals surface area contributed by atoms with Gasteiger partial charge >= 0.3 is 0 Å². The maximum atomic E-state index is 6.09. The minimum atomic E-state index is 0.514. The minimum Gasteiger partial charge on any atom is -0.493 e. The molecule has 1 aliphatic carbocycles. The van der Waals surface area contributed by atoms with E-state index in [1.54, 1.807) is 6.33 Å². The lowest BCUT2D eigenvalue weighted by Gasteiger charge is -2.14. The number of ether oxygens (including phenoxy) is 1. The number of aromatic nitrogens is 3. The van der Waals surface area contributed by atoms with Crippen molar-refractivity contribution in [1.29, 1.82) is 0 Å². The van der Waals surface area contributed by atoms with Crippen LogP contribution in [0, 0.1) is 12.8 Å². The van der Waals surface area contributed by atoms with Crippen molar-refractivity contribution < 1.29 is 4.74 Å². The first-order chi connectivity index (χ1) is 15.2. The van der Waals surface area contributed by atoms with Gasteiger partial charge in [0.1, 0.15) is 12.1 Å². The third-order valence-electron chi connectivity index (χ3n) is 5.21. The number of hydrogen-bond donors (Lipinski definition) is 2. The molecule has 1 aromatic heterocycles. The zero-order valence-corrected chi connectivity index (χ0v) is 18.2. The van der Waals surface area contributed by atoms with E-state index in [0.29, 0.717) is 13.1 Å². The standard InChI is InChI=1S/C24H30N6O/c1-3-25-24(27-15-23-29-28-17-30(23)21-7-5-4-6-8-21)26-14-20-12-9-18(2)13-22(20)31-16-19-10-11-19/h4-9,12-13,17,19H,3,10-11,14-16H2,1-2H3,(H2,25,26,27). The van der Waals surface area contributed by atoms with Crippen LogP contribution in [0.5, 0.6) is 5.75 Å². The molecule has 0 atom stereocenters. The Morgan fingerprint density at radius 2 is 2.00 bits per heavy atom. The Balaban J connectivity index is 1.43. The van der Waals surface area contributed by atoms with Gasteiger partial charge in [-0.25, -0.2) is 4.99 Å². The normalized spacial score (nSPS) is 13.8. The molecular formula is C24H30N6O. The van der Waals surface area contributed by atoms with Crippen molar-refractivity contribution >= 4 is 5.96 Å². The Bertz CT molecular complexity index is 1010. The topological polar surface area (TPSA) is 76.4 Å². The highest BCUT2D eigenvalue weighted by atomic mass is 16.5. The average Bonchev–Trinajstić information content (AvgIpc) is 3.51. The first-order valence-corrected chi connectivity index (χ1v) is 10.9. The molecule has 0 saturated heterocycles. The van der Waals surface area contributed by atoms with E-state index >= 15 is 0 Å². The number of nitrogens with zero attached hydrogens (tertiary/aromatic N) is 4. The monoisotopic (exact) mass is 418 g/mol. The number of nitrogens with one attached hydrogen (secondary N) is 2. The van der Waals surface area contributed by atoms with Crippen LogP contribution in [-0.2, 0) is 13.1 Å². The molecule has 31 heavy (non-hydrogen) atoms. The van der Waals surface area contributed by atoms with Gasteiger partial charge in [0.25, 0.3) is 0 Å². The molecule has 0 amide bonds. The molecule has 162 valence electrons. The summed E-state index contributed by atoms with van der Waals surface area (Å²) in [6.07, 6.45) is 4.29. The highest BCUT2D eigenvalue weighted by Crippen LogP contribution is 2.31. The Labute approximate surface area is 183 Å². The van der Waals surface area contributed by atoms with Crippen LogP contribution in [0.2, 0.25) is 0 Å². The van der Waals surface area contributed by atoms with Crippen LogP contribution in [0.4, 0.5) is 0 Å². The number of aryl methyl sites for hydroxylation is 1. The maximum absolute atomic E-state index is 6.09. The Morgan fingerprint density at radius 3 is 2.77 bits per heavy atom. The molecule has 4 rings (SSSR count). The molecular weight excluding hydrogens is 388 g/mol. The van der Waals surface area contributed by atoms with E-state index in [4.69, 9.17) is 9.73 Å². The quantitative estimate of drug-likeness (QED) is 0.410. The molecule has 0 radical (unpaired) electrons. The second-order valence-electron chi connectivity index (χ2n) is 7.87. The molecule has 1 aliphatic rings. The van der Waals surface area contributed by atoms with Crippen molar-refractivity contribution in [2.75, 3.05) is 13.2 Å². The van der Waals surface area contributed by atoms with Crippen LogP contribution in [0.25, 0.3) is 5.69 Å². The van der Waals surface area contributed by atoms with E-state index in [1.807, 2.05) is 34.9 Å². The van der Waals surface area contributed by atoms with Crippen molar-refractivity contribution in [1.82, 2.24) is 25.4 Å². The highest BCUT2D eigenvalue weighted by Gasteiger charge is 2.22. The number of para-hydroxylation sites is 1. The van der Waals surface area contributed by atoms with E-state index < -0.39 is 0 Å². The summed E-state index contributed by atoms with van der Waals surface area (Å²) in [7, 11) is 0. The Kier molecular flexibility index (Phi) is 6.82. The second kappa shape index (κ2) is 10.1. The van der Waals surface area contributed by atoms with Crippen molar-refractivity contribution in [3.63, 3.8) is 0 Å². The van der Waals surface area contributed by atoms with E-state index in [2.05, 4.69) is 52.9 Å². The molecule has 1 fully saturated rings. The fourth-order valence-corrected chi connectivity index (χ4v) is 3.27. The number of aliphatic imine (C=N–C) groups is 1. The summed E-state index contributed by atoms with van der Waals surface area (Å²) in [4.78, 5) is 4.78. The number of guanidine groups is 1. The summed E-state index contributed by atoms with van der Waals surface area (Å²) in [5.41, 5.74) is 3.32. The molecule has 2 N–H and O–H groups in total. The first-order valence-electron chi connectivity index (χ1n) is 10.9. The van der Waals surface area contributed by atoms with Gasteiger partial charge in [-0.3, -0.25) is 4.57 Å². The Hall–Kier alpha value is -3.35. The van der Waals surface area contributed by atoms with Crippen molar-refractivity contribution in [2.24, 2.45) is 10.9 Å². The van der Waals surface area contributed by atoms with Crippen molar-refractivity contribution in [2.45, 2.75) is 39.8 Å². The van der Waals surface area contributed by atoms with Crippen LogP contribution in [0.1, 0.15) is 36.7 Å². The highest BCUT2D eigenvalue weighted by molar-refractivity contribution is 5.79. The zero-order valence-electron chi connectivity index (χ0n) is 18.2.